The molecule has 3 nitrogen and oxygen atoms in total. The lowest BCUT2D eigenvalue weighted by atomic mass is 10.1. The molecule has 1 aliphatic heterocycles. The molecule has 0 aliphatic carbocycles. The van der Waals surface area contributed by atoms with Crippen LogP contribution >= 0.6 is 0 Å². The van der Waals surface area contributed by atoms with Crippen molar-refractivity contribution in [1.29, 1.82) is 0 Å². The highest BCUT2D eigenvalue weighted by Gasteiger charge is 2.26. The van der Waals surface area contributed by atoms with Gasteiger partial charge in [0, 0.05) is 25.6 Å². The Hall–Kier alpha value is -1.35. The molecule has 15 heavy (non-hydrogen) atoms. The molecule has 3 heteroatoms. The van der Waals surface area contributed by atoms with Crippen LogP contribution in [-0.4, -0.2) is 23.4 Å². The predicted molar refractivity (Wildman–Crippen MR) is 59.2 cm³/mol. The van der Waals surface area contributed by atoms with Crippen LogP contribution in [0.15, 0.2) is 24.3 Å². The Bertz CT molecular complexity index is 376. The molecule has 1 amide bonds. The first-order valence-electron chi connectivity index (χ1n) is 5.24. The summed E-state index contributed by atoms with van der Waals surface area (Å²) in [5, 5.41) is 0. The fourth-order valence-electron chi connectivity index (χ4n) is 1.95. The van der Waals surface area contributed by atoms with E-state index in [0.717, 1.165) is 0 Å². The smallest absolute Gasteiger partial charge is 0.224 e. The van der Waals surface area contributed by atoms with E-state index >= 15 is 0 Å². The van der Waals surface area contributed by atoms with Crippen molar-refractivity contribution in [3.63, 3.8) is 0 Å². The first-order valence-corrected chi connectivity index (χ1v) is 5.24. The van der Waals surface area contributed by atoms with Crippen molar-refractivity contribution < 1.29 is 4.79 Å². The average molecular weight is 204 g/mol. The van der Waals surface area contributed by atoms with Crippen molar-refractivity contribution in [2.75, 3.05) is 6.54 Å². The summed E-state index contributed by atoms with van der Waals surface area (Å²) >= 11 is 0. The number of nitrogens with two attached hydrogens (primary N) is 1. The summed E-state index contributed by atoms with van der Waals surface area (Å²) in [4.78, 5) is 13.4. The molecule has 1 aromatic rings. The topological polar surface area (TPSA) is 46.3 Å². The van der Waals surface area contributed by atoms with E-state index in [1.807, 2.05) is 17.0 Å². The van der Waals surface area contributed by atoms with Crippen molar-refractivity contribution in [2.45, 2.75) is 25.9 Å². The molecule has 1 heterocycles. The summed E-state index contributed by atoms with van der Waals surface area (Å²) < 4.78 is 0. The Kier molecular flexibility index (Phi) is 2.73. The van der Waals surface area contributed by atoms with Gasteiger partial charge in [0.1, 0.15) is 0 Å². The second-order valence-electron chi connectivity index (χ2n) is 4.16. The number of hydrogen-bond acceptors (Lipinski definition) is 2. The van der Waals surface area contributed by atoms with Gasteiger partial charge in [0.25, 0.3) is 0 Å². The second kappa shape index (κ2) is 4.03. The number of aryl methyl sites for hydroxylation is 1. The largest absolute Gasteiger partial charge is 0.337 e. The van der Waals surface area contributed by atoms with Crippen LogP contribution in [0.3, 0.4) is 0 Å². The van der Waals surface area contributed by atoms with Crippen LogP contribution in [0.5, 0.6) is 0 Å². The number of likely N-dealkylation sites (tertiary alicyclic amines) is 1. The molecule has 2 rings (SSSR count). The van der Waals surface area contributed by atoms with Gasteiger partial charge in [-0.05, 0) is 18.1 Å². The van der Waals surface area contributed by atoms with Gasteiger partial charge in [-0.25, -0.2) is 0 Å². The molecule has 0 spiro atoms. The average Bonchev–Trinajstić information content (AvgIpc) is 2.49. The minimum absolute atomic E-state index is 0.0153. The SMILES string of the molecule is Cc1ccccc1CN1CC(N)CC1=O. The van der Waals surface area contributed by atoms with E-state index in [2.05, 4.69) is 19.1 Å². The van der Waals surface area contributed by atoms with Gasteiger partial charge in [-0.15, -0.1) is 0 Å². The van der Waals surface area contributed by atoms with E-state index in [-0.39, 0.29) is 11.9 Å². The van der Waals surface area contributed by atoms with Crippen molar-refractivity contribution in [2.24, 2.45) is 5.73 Å². The fourth-order valence-corrected chi connectivity index (χ4v) is 1.95. The molecule has 0 radical (unpaired) electrons. The predicted octanol–water partition coefficient (Wildman–Crippen LogP) is 1.05. The molecule has 0 aromatic heterocycles. The van der Waals surface area contributed by atoms with Gasteiger partial charge in [0.05, 0.1) is 0 Å². The van der Waals surface area contributed by atoms with E-state index in [1.54, 1.807) is 0 Å². The molecule has 1 fully saturated rings. The zero-order chi connectivity index (χ0) is 10.8. The Morgan fingerprint density at radius 1 is 1.47 bits per heavy atom. The normalized spacial score (nSPS) is 21.1. The Balaban J connectivity index is 2.09. The fraction of sp³-hybridized carbons (Fsp3) is 0.417. The second-order valence-corrected chi connectivity index (χ2v) is 4.16. The van der Waals surface area contributed by atoms with Crippen LogP contribution in [0, 0.1) is 6.92 Å². The number of benzene rings is 1. The summed E-state index contributed by atoms with van der Waals surface area (Å²) in [6.07, 6.45) is 0.492. The quantitative estimate of drug-likeness (QED) is 0.782. The summed E-state index contributed by atoms with van der Waals surface area (Å²) in [7, 11) is 0. The van der Waals surface area contributed by atoms with Gasteiger partial charge >= 0.3 is 0 Å². The van der Waals surface area contributed by atoms with Crippen LogP contribution in [-0.2, 0) is 11.3 Å². The van der Waals surface area contributed by atoms with E-state index < -0.39 is 0 Å². The molecule has 1 saturated heterocycles. The molecule has 0 saturated carbocycles. The highest BCUT2D eigenvalue weighted by Crippen LogP contribution is 2.15. The third-order valence-corrected chi connectivity index (χ3v) is 2.87. The van der Waals surface area contributed by atoms with Crippen LogP contribution in [0.1, 0.15) is 17.5 Å². The van der Waals surface area contributed by atoms with Crippen molar-refractivity contribution in [3.8, 4) is 0 Å². The van der Waals surface area contributed by atoms with Gasteiger partial charge in [-0.3, -0.25) is 4.79 Å². The van der Waals surface area contributed by atoms with E-state index in [0.29, 0.717) is 19.5 Å². The van der Waals surface area contributed by atoms with Gasteiger partial charge in [0.2, 0.25) is 5.91 Å². The molecule has 80 valence electrons. The Labute approximate surface area is 89.9 Å². The lowest BCUT2D eigenvalue weighted by Gasteiger charge is -2.17. The van der Waals surface area contributed by atoms with Gasteiger partial charge in [-0.2, -0.15) is 0 Å². The zero-order valence-corrected chi connectivity index (χ0v) is 8.94. The number of rotatable bonds is 2. The van der Waals surface area contributed by atoms with Crippen molar-refractivity contribution in [1.82, 2.24) is 4.90 Å². The maximum atomic E-state index is 11.5. The first-order chi connectivity index (χ1) is 7.16. The summed E-state index contributed by atoms with van der Waals surface area (Å²) in [5.41, 5.74) is 8.18. The maximum absolute atomic E-state index is 11.5. The third-order valence-electron chi connectivity index (χ3n) is 2.87. The molecule has 1 atom stereocenters. The highest BCUT2D eigenvalue weighted by molar-refractivity contribution is 5.79. The molecular formula is C12H16N2O. The number of hydrogen-bond donors (Lipinski definition) is 1. The van der Waals surface area contributed by atoms with E-state index in [1.165, 1.54) is 11.1 Å². The number of carbonyl (C=O) groups is 1. The van der Waals surface area contributed by atoms with Crippen molar-refractivity contribution >= 4 is 5.91 Å². The Morgan fingerprint density at radius 2 is 2.20 bits per heavy atom. The number of amides is 1. The van der Waals surface area contributed by atoms with Gasteiger partial charge < -0.3 is 10.6 Å². The monoisotopic (exact) mass is 204 g/mol. The van der Waals surface area contributed by atoms with E-state index in [9.17, 15) is 4.79 Å². The summed E-state index contributed by atoms with van der Waals surface area (Å²) in [6.45, 7) is 3.45. The lowest BCUT2D eigenvalue weighted by Crippen LogP contribution is -2.28. The summed E-state index contributed by atoms with van der Waals surface area (Å²) in [6, 6.07) is 8.16. The van der Waals surface area contributed by atoms with Crippen LogP contribution < -0.4 is 5.73 Å². The zero-order valence-electron chi connectivity index (χ0n) is 8.94. The first kappa shape index (κ1) is 10.2. The third kappa shape index (κ3) is 2.18. The molecule has 1 unspecified atom stereocenters. The Morgan fingerprint density at radius 3 is 2.80 bits per heavy atom. The van der Waals surface area contributed by atoms with Crippen LogP contribution in [0.25, 0.3) is 0 Å². The molecule has 2 N–H and O–H groups in total. The van der Waals surface area contributed by atoms with Gasteiger partial charge in [0.15, 0.2) is 0 Å². The molecule has 1 aliphatic rings. The van der Waals surface area contributed by atoms with Crippen LogP contribution in [0.2, 0.25) is 0 Å². The van der Waals surface area contributed by atoms with Crippen LogP contribution in [0.4, 0.5) is 0 Å². The highest BCUT2D eigenvalue weighted by atomic mass is 16.2. The number of carbonyl (C=O) groups excluding carboxylic acids is 1. The molecular weight excluding hydrogens is 188 g/mol. The lowest BCUT2D eigenvalue weighted by molar-refractivity contribution is -0.128. The number of nitrogens with zero attached hydrogens (tertiary/aromatic N) is 1. The minimum Gasteiger partial charge on any atom is -0.337 e. The standard InChI is InChI=1S/C12H16N2O/c1-9-4-2-3-5-10(9)7-14-8-11(13)6-12(14)15/h2-5,11H,6-8,13H2,1H3. The molecule has 0 bridgehead atoms. The van der Waals surface area contributed by atoms with Crippen molar-refractivity contribution in [3.05, 3.63) is 35.4 Å². The molecule has 1 aromatic carbocycles. The summed E-state index contributed by atoms with van der Waals surface area (Å²) in [5.74, 6) is 0.172. The minimum atomic E-state index is 0.0153. The van der Waals surface area contributed by atoms with Gasteiger partial charge in [-0.1, -0.05) is 24.3 Å². The van der Waals surface area contributed by atoms with E-state index in [4.69, 9.17) is 5.73 Å². The maximum Gasteiger partial charge on any atom is 0.224 e.